The Morgan fingerprint density at radius 1 is 0.247 bits per heavy atom. The molecular weight excluding hydrogens is 1030 g/mol. The fraction of sp³-hybridized carbons (Fsp3) is 0.988. The van der Waals surface area contributed by atoms with Gasteiger partial charge in [0.1, 0.15) is 0 Å². The van der Waals surface area contributed by atoms with Gasteiger partial charge in [-0.25, -0.2) is 0 Å². The minimum atomic E-state index is -0.796. The molecule has 2 N–H and O–H groups in total. The quantitative estimate of drug-likeness (QED) is 0.0597. The van der Waals surface area contributed by atoms with E-state index in [0.29, 0.717) is 12.8 Å². The van der Waals surface area contributed by atoms with E-state index in [0.717, 1.165) is 49.4 Å². The average Bonchev–Trinajstić information content (AvgIpc) is 4.64. The first-order valence-electron chi connectivity index (χ1n) is 41.0. The van der Waals surface area contributed by atoms with Gasteiger partial charge in [-0.3, -0.25) is 4.79 Å². The minimum absolute atomic E-state index is 0.581. The van der Waals surface area contributed by atoms with Gasteiger partial charge in [-0.1, -0.05) is 457 Å². The second-order valence-electron chi connectivity index (χ2n) is 30.0. The van der Waals surface area contributed by atoms with Crippen molar-refractivity contribution in [3.63, 3.8) is 0 Å². The Hall–Kier alpha value is -0.570. The van der Waals surface area contributed by atoms with E-state index < -0.39 is 18.0 Å². The van der Waals surface area contributed by atoms with E-state index in [4.69, 9.17) is 0 Å². The molecular formula is C82H160O3. The van der Waals surface area contributed by atoms with Crippen LogP contribution in [0.5, 0.6) is 0 Å². The lowest BCUT2D eigenvalue weighted by molar-refractivity contribution is -0.146. The summed E-state index contributed by atoms with van der Waals surface area (Å²) in [6.07, 6.45) is 102. The van der Waals surface area contributed by atoms with Crippen LogP contribution >= 0.6 is 0 Å². The van der Waals surface area contributed by atoms with Gasteiger partial charge in [0.05, 0.1) is 12.0 Å². The van der Waals surface area contributed by atoms with E-state index in [1.165, 1.54) is 398 Å². The molecule has 0 amide bonds. The predicted octanol–water partition coefficient (Wildman–Crippen LogP) is 29.1. The molecule has 0 aromatic rings. The Balaban J connectivity index is 1.18. The molecule has 0 bridgehead atoms. The number of aliphatic hydroxyl groups is 1. The maximum Gasteiger partial charge on any atom is 0.309 e. The van der Waals surface area contributed by atoms with Gasteiger partial charge < -0.3 is 10.2 Å². The largest absolute Gasteiger partial charge is 0.481 e. The zero-order chi connectivity index (χ0) is 60.7. The predicted molar refractivity (Wildman–Crippen MR) is 379 cm³/mol. The third-order valence-electron chi connectivity index (χ3n) is 21.7. The molecule has 0 spiro atoms. The number of carbonyl (C=O) groups is 1. The second-order valence-corrected chi connectivity index (χ2v) is 30.0. The molecule has 506 valence electrons. The number of hydrogen-bond acceptors (Lipinski definition) is 2. The Labute approximate surface area is 536 Å². The number of carboxylic acids is 1. The lowest BCUT2D eigenvalue weighted by atomic mass is 9.91. The maximum atomic E-state index is 12.0. The van der Waals surface area contributed by atoms with Gasteiger partial charge in [0, 0.05) is 0 Å². The monoisotopic (exact) mass is 1190 g/mol. The van der Waals surface area contributed by atoms with Gasteiger partial charge in [-0.2, -0.15) is 0 Å². The number of rotatable bonds is 75. The Morgan fingerprint density at radius 3 is 0.576 bits per heavy atom. The number of unbranched alkanes of at least 4 members (excludes halogenated alkanes) is 61. The summed E-state index contributed by atoms with van der Waals surface area (Å²) in [6, 6.07) is 0. The van der Waals surface area contributed by atoms with Crippen molar-refractivity contribution in [2.75, 3.05) is 0 Å². The van der Waals surface area contributed by atoms with Crippen molar-refractivity contribution in [2.45, 2.75) is 489 Å². The molecule has 3 heteroatoms. The summed E-state index contributed by atoms with van der Waals surface area (Å²) < 4.78 is 0. The summed E-state index contributed by atoms with van der Waals surface area (Å²) in [4.78, 5) is 12.0. The minimum Gasteiger partial charge on any atom is -0.481 e. The first-order valence-corrected chi connectivity index (χ1v) is 41.0. The zero-order valence-electron chi connectivity index (χ0n) is 58.9. The van der Waals surface area contributed by atoms with Gasteiger partial charge in [0.15, 0.2) is 0 Å². The van der Waals surface area contributed by atoms with Crippen molar-refractivity contribution < 1.29 is 15.0 Å². The van der Waals surface area contributed by atoms with Crippen LogP contribution in [0.3, 0.4) is 0 Å². The van der Waals surface area contributed by atoms with Crippen LogP contribution in [0.15, 0.2) is 0 Å². The molecule has 85 heavy (non-hydrogen) atoms. The van der Waals surface area contributed by atoms with Crippen LogP contribution in [0.4, 0.5) is 0 Å². The fourth-order valence-corrected chi connectivity index (χ4v) is 15.3. The Bertz CT molecular complexity index is 1300. The summed E-state index contributed by atoms with van der Waals surface area (Å²) in [5.41, 5.74) is 0. The van der Waals surface area contributed by atoms with E-state index in [1.54, 1.807) is 32.1 Å². The maximum absolute atomic E-state index is 12.0. The molecule has 2 saturated carbocycles. The topological polar surface area (TPSA) is 57.5 Å². The highest BCUT2D eigenvalue weighted by Gasteiger charge is 2.36. The summed E-state index contributed by atoms with van der Waals surface area (Å²) >= 11 is 0. The molecule has 3 nitrogen and oxygen atoms in total. The average molecular weight is 1190 g/mol. The molecule has 2 rings (SSSR count). The SMILES string of the molecule is CCCCCCCCCCCCCCCCCCCCCCCC[C@@H](C(=O)O)[C@H](O)CCCCCCCCCCCCCCCCCCCCCC1CC1CCCCCCCCCCC1CC1CCCCCCCCCCCCCCCCCC. The van der Waals surface area contributed by atoms with Crippen LogP contribution in [-0.2, 0) is 4.79 Å². The van der Waals surface area contributed by atoms with Gasteiger partial charge in [-0.15, -0.1) is 0 Å². The lowest BCUT2D eigenvalue weighted by Gasteiger charge is -2.19. The van der Waals surface area contributed by atoms with E-state index in [-0.39, 0.29) is 0 Å². The molecule has 2 aliphatic carbocycles. The van der Waals surface area contributed by atoms with Crippen molar-refractivity contribution >= 4 is 5.97 Å². The van der Waals surface area contributed by atoms with E-state index >= 15 is 0 Å². The van der Waals surface area contributed by atoms with E-state index in [1.807, 2.05) is 0 Å². The number of hydrogen-bond donors (Lipinski definition) is 2. The Morgan fingerprint density at radius 2 is 0.400 bits per heavy atom. The molecule has 0 aliphatic heterocycles. The molecule has 0 heterocycles. The lowest BCUT2D eigenvalue weighted by Crippen LogP contribution is -2.28. The summed E-state index contributed by atoms with van der Waals surface area (Å²) in [5, 5.41) is 20.6. The van der Waals surface area contributed by atoms with Crippen molar-refractivity contribution in [1.82, 2.24) is 0 Å². The first-order chi connectivity index (χ1) is 42.1. The third-order valence-corrected chi connectivity index (χ3v) is 21.7. The number of aliphatic hydroxyl groups excluding tert-OH is 1. The van der Waals surface area contributed by atoms with Crippen LogP contribution in [-0.4, -0.2) is 22.3 Å². The zero-order valence-corrected chi connectivity index (χ0v) is 58.9. The third kappa shape index (κ3) is 57.1. The summed E-state index contributed by atoms with van der Waals surface area (Å²) in [6.45, 7) is 4.62. The highest BCUT2D eigenvalue weighted by molar-refractivity contribution is 5.70. The van der Waals surface area contributed by atoms with Crippen LogP contribution in [0, 0.1) is 29.6 Å². The van der Waals surface area contributed by atoms with E-state index in [9.17, 15) is 15.0 Å². The molecule has 0 saturated heterocycles. The number of aliphatic carboxylic acids is 1. The molecule has 0 aromatic carbocycles. The van der Waals surface area contributed by atoms with Crippen molar-refractivity contribution in [3.8, 4) is 0 Å². The standard InChI is InChI=1S/C82H160O3/c1-3-5-7-9-11-13-15-17-19-21-22-23-24-27-30-34-38-42-46-54-60-66-72-80(82(84)85)81(83)73-67-61-55-47-43-39-35-31-28-25-26-29-33-37-41-45-51-57-63-69-77-75-79(77)71-65-59-53-49-48-52-58-64-70-78-74-76(78)68-62-56-50-44-40-36-32-20-18-16-14-12-10-8-6-4-2/h76-81,83H,3-75H2,1-2H3,(H,84,85)/t76?,77?,78?,79?,80-,81-/m1/s1. The normalized spacial score (nSPS) is 17.3. The van der Waals surface area contributed by atoms with Crippen LogP contribution in [0.25, 0.3) is 0 Å². The fourth-order valence-electron chi connectivity index (χ4n) is 15.3. The van der Waals surface area contributed by atoms with E-state index in [2.05, 4.69) is 13.8 Å². The smallest absolute Gasteiger partial charge is 0.309 e. The summed E-state index contributed by atoms with van der Waals surface area (Å²) in [5.74, 6) is 3.07. The van der Waals surface area contributed by atoms with Gasteiger partial charge >= 0.3 is 5.97 Å². The van der Waals surface area contributed by atoms with Crippen LogP contribution < -0.4 is 0 Å². The molecule has 2 fully saturated rings. The Kier molecular flexibility index (Phi) is 61.5. The van der Waals surface area contributed by atoms with Crippen LogP contribution in [0.1, 0.15) is 483 Å². The summed E-state index contributed by atoms with van der Waals surface area (Å²) in [7, 11) is 0. The molecule has 2 aliphatic rings. The number of carboxylic acid groups (broad SMARTS) is 1. The highest BCUT2D eigenvalue weighted by atomic mass is 16.4. The molecule has 6 atom stereocenters. The van der Waals surface area contributed by atoms with Crippen molar-refractivity contribution in [3.05, 3.63) is 0 Å². The van der Waals surface area contributed by atoms with Gasteiger partial charge in [-0.05, 0) is 49.4 Å². The molecule has 4 unspecified atom stereocenters. The van der Waals surface area contributed by atoms with Gasteiger partial charge in [0.2, 0.25) is 0 Å². The second kappa shape index (κ2) is 64.9. The first kappa shape index (κ1) is 80.5. The van der Waals surface area contributed by atoms with Crippen molar-refractivity contribution in [1.29, 1.82) is 0 Å². The molecule has 0 aromatic heterocycles. The highest BCUT2D eigenvalue weighted by Crippen LogP contribution is 2.47. The molecule has 0 radical (unpaired) electrons. The van der Waals surface area contributed by atoms with Gasteiger partial charge in [0.25, 0.3) is 0 Å². The van der Waals surface area contributed by atoms with Crippen LogP contribution in [0.2, 0.25) is 0 Å². The van der Waals surface area contributed by atoms with Crippen molar-refractivity contribution in [2.24, 2.45) is 29.6 Å².